The number of sulfonamides is 1. The highest BCUT2D eigenvalue weighted by Gasteiger charge is 2.12. The highest BCUT2D eigenvalue weighted by atomic mass is 32.2. The number of hydrogen-bond donors (Lipinski definition) is 1. The summed E-state index contributed by atoms with van der Waals surface area (Å²) in [4.78, 5) is 3.77. The highest BCUT2D eigenvalue weighted by molar-refractivity contribution is 7.89. The number of aryl methyl sites for hydroxylation is 2. The Balaban J connectivity index is 2.26. The van der Waals surface area contributed by atoms with Crippen LogP contribution in [0.5, 0.6) is 0 Å². The second kappa shape index (κ2) is 4.54. The molecular formula is C10H15N5O2S. The summed E-state index contributed by atoms with van der Waals surface area (Å²) < 4.78 is 25.8. The number of aromatic nitrogens is 4. The van der Waals surface area contributed by atoms with Crippen LogP contribution in [0.4, 0.5) is 0 Å². The fourth-order valence-corrected chi connectivity index (χ4v) is 2.24. The van der Waals surface area contributed by atoms with E-state index >= 15 is 0 Å². The second-order valence-electron chi connectivity index (χ2n) is 4.02. The van der Waals surface area contributed by atoms with Gasteiger partial charge in [0.25, 0.3) is 10.0 Å². The van der Waals surface area contributed by atoms with E-state index in [-0.39, 0.29) is 5.03 Å². The van der Waals surface area contributed by atoms with E-state index in [4.69, 9.17) is 5.14 Å². The Morgan fingerprint density at radius 1 is 1.44 bits per heavy atom. The normalized spacial score (nSPS) is 11.9. The van der Waals surface area contributed by atoms with Crippen LogP contribution >= 0.6 is 0 Å². The minimum atomic E-state index is -3.74. The molecule has 2 N–H and O–H groups in total. The van der Waals surface area contributed by atoms with Crippen LogP contribution in [0, 0.1) is 6.92 Å². The average Bonchev–Trinajstić information content (AvgIpc) is 2.85. The molecule has 0 aliphatic heterocycles. The largest absolute Gasteiger partial charge is 0.330 e. The maximum Gasteiger partial charge on any atom is 0.257 e. The van der Waals surface area contributed by atoms with Crippen LogP contribution in [-0.4, -0.2) is 27.7 Å². The maximum absolute atomic E-state index is 11.1. The van der Waals surface area contributed by atoms with Gasteiger partial charge in [-0.25, -0.2) is 18.5 Å². The molecule has 0 aromatic carbocycles. The summed E-state index contributed by atoms with van der Waals surface area (Å²) in [7, 11) is -3.74. The monoisotopic (exact) mass is 269 g/mol. The molecule has 0 aliphatic rings. The van der Waals surface area contributed by atoms with Gasteiger partial charge in [0.05, 0.1) is 24.3 Å². The zero-order chi connectivity index (χ0) is 13.3. The second-order valence-corrected chi connectivity index (χ2v) is 5.53. The summed E-state index contributed by atoms with van der Waals surface area (Å²) in [5, 5.41) is 9.20. The number of primary sulfonamides is 1. The van der Waals surface area contributed by atoms with Gasteiger partial charge in [0.1, 0.15) is 0 Å². The molecule has 0 spiro atoms. The van der Waals surface area contributed by atoms with Crippen molar-refractivity contribution in [1.82, 2.24) is 19.3 Å². The Morgan fingerprint density at radius 3 is 2.72 bits per heavy atom. The summed E-state index contributed by atoms with van der Waals surface area (Å²) in [5.74, 6) is 0. The lowest BCUT2D eigenvalue weighted by molar-refractivity contribution is 0.592. The van der Waals surface area contributed by atoms with Crippen molar-refractivity contribution in [2.45, 2.75) is 32.0 Å². The third-order valence-electron chi connectivity index (χ3n) is 2.53. The Bertz CT molecular complexity index is 656. The van der Waals surface area contributed by atoms with E-state index in [1.807, 2.05) is 24.6 Å². The molecule has 0 amide bonds. The lowest BCUT2D eigenvalue weighted by Crippen LogP contribution is -2.12. The van der Waals surface area contributed by atoms with Crippen LogP contribution in [0.3, 0.4) is 0 Å². The summed E-state index contributed by atoms with van der Waals surface area (Å²) in [6, 6.07) is 1.96. The van der Waals surface area contributed by atoms with Crippen LogP contribution < -0.4 is 5.14 Å². The topological polar surface area (TPSA) is 95.8 Å². The molecule has 0 saturated heterocycles. The van der Waals surface area contributed by atoms with E-state index in [1.54, 1.807) is 4.57 Å². The third-order valence-corrected chi connectivity index (χ3v) is 3.32. The van der Waals surface area contributed by atoms with Crippen LogP contribution in [0.2, 0.25) is 0 Å². The average molecular weight is 269 g/mol. The van der Waals surface area contributed by atoms with Gasteiger partial charge in [-0.2, -0.15) is 5.10 Å². The van der Waals surface area contributed by atoms with E-state index in [2.05, 4.69) is 10.1 Å². The minimum Gasteiger partial charge on any atom is -0.330 e. The van der Waals surface area contributed by atoms with E-state index in [1.165, 1.54) is 12.5 Å². The molecule has 2 aromatic rings. The molecule has 0 atom stereocenters. The molecule has 0 fully saturated rings. The molecular weight excluding hydrogens is 254 g/mol. The molecule has 18 heavy (non-hydrogen) atoms. The van der Waals surface area contributed by atoms with Gasteiger partial charge >= 0.3 is 0 Å². The van der Waals surface area contributed by atoms with Gasteiger partial charge in [-0.3, -0.25) is 4.68 Å². The van der Waals surface area contributed by atoms with Crippen molar-refractivity contribution in [3.05, 3.63) is 30.0 Å². The number of imidazole rings is 1. The Hall–Kier alpha value is -1.67. The molecule has 0 unspecified atom stereocenters. The van der Waals surface area contributed by atoms with Crippen molar-refractivity contribution in [1.29, 1.82) is 0 Å². The van der Waals surface area contributed by atoms with Crippen molar-refractivity contribution < 1.29 is 8.42 Å². The van der Waals surface area contributed by atoms with Crippen LogP contribution in [0.15, 0.2) is 23.6 Å². The lowest BCUT2D eigenvalue weighted by Gasteiger charge is -2.04. The van der Waals surface area contributed by atoms with Crippen molar-refractivity contribution in [3.63, 3.8) is 0 Å². The summed E-state index contributed by atoms with van der Waals surface area (Å²) in [6.07, 6.45) is 2.86. The Labute approximate surface area is 105 Å². The molecule has 8 heteroatoms. The first-order chi connectivity index (χ1) is 8.40. The van der Waals surface area contributed by atoms with Crippen molar-refractivity contribution in [2.75, 3.05) is 0 Å². The van der Waals surface area contributed by atoms with Crippen molar-refractivity contribution >= 4 is 10.0 Å². The molecule has 2 heterocycles. The third kappa shape index (κ3) is 2.59. The van der Waals surface area contributed by atoms with E-state index in [9.17, 15) is 8.42 Å². The number of hydrogen-bond acceptors (Lipinski definition) is 4. The van der Waals surface area contributed by atoms with Gasteiger partial charge < -0.3 is 4.57 Å². The maximum atomic E-state index is 11.1. The predicted molar refractivity (Wildman–Crippen MR) is 65.3 cm³/mol. The van der Waals surface area contributed by atoms with Crippen LogP contribution in [0.1, 0.15) is 18.3 Å². The fraction of sp³-hybridized carbons (Fsp3) is 0.400. The summed E-state index contributed by atoms with van der Waals surface area (Å²) in [6.45, 7) is 5.19. The van der Waals surface area contributed by atoms with Gasteiger partial charge in [0.2, 0.25) is 0 Å². The molecule has 0 aliphatic carbocycles. The standard InChI is InChI=1S/C10H15N5O2S/c1-3-15-9(4-8(2)13-15)5-14-6-10(12-7-14)18(11,16)17/h4,6-7H,3,5H2,1-2H3,(H2,11,16,17). The van der Waals surface area contributed by atoms with Gasteiger partial charge in [0, 0.05) is 12.7 Å². The van der Waals surface area contributed by atoms with Crippen molar-refractivity contribution in [2.24, 2.45) is 5.14 Å². The van der Waals surface area contributed by atoms with E-state index in [0.717, 1.165) is 17.9 Å². The number of rotatable bonds is 4. The van der Waals surface area contributed by atoms with Gasteiger partial charge in [-0.15, -0.1) is 0 Å². The Morgan fingerprint density at radius 2 is 2.17 bits per heavy atom. The van der Waals surface area contributed by atoms with Gasteiger partial charge in [0.15, 0.2) is 5.03 Å². The molecule has 0 saturated carbocycles. The first-order valence-corrected chi connectivity index (χ1v) is 7.02. The minimum absolute atomic E-state index is 0.123. The van der Waals surface area contributed by atoms with Crippen LogP contribution in [0.25, 0.3) is 0 Å². The SMILES string of the molecule is CCn1nc(C)cc1Cn1cnc(S(N)(=O)=O)c1. The van der Waals surface area contributed by atoms with Crippen LogP contribution in [-0.2, 0) is 23.1 Å². The highest BCUT2D eigenvalue weighted by Crippen LogP contribution is 2.08. The zero-order valence-electron chi connectivity index (χ0n) is 10.2. The molecule has 98 valence electrons. The van der Waals surface area contributed by atoms with E-state index in [0.29, 0.717) is 6.54 Å². The van der Waals surface area contributed by atoms with E-state index < -0.39 is 10.0 Å². The Kier molecular flexibility index (Phi) is 3.22. The molecule has 2 aromatic heterocycles. The quantitative estimate of drug-likeness (QED) is 0.851. The predicted octanol–water partition coefficient (Wildman–Crippen LogP) is 0.104. The zero-order valence-corrected chi connectivity index (χ0v) is 11.1. The number of nitrogens with zero attached hydrogens (tertiary/aromatic N) is 4. The van der Waals surface area contributed by atoms with Crippen molar-refractivity contribution in [3.8, 4) is 0 Å². The lowest BCUT2D eigenvalue weighted by atomic mass is 10.3. The van der Waals surface area contributed by atoms with Gasteiger partial charge in [-0.05, 0) is 19.9 Å². The molecule has 0 radical (unpaired) electrons. The number of nitrogens with two attached hydrogens (primary N) is 1. The molecule has 0 bridgehead atoms. The molecule has 2 rings (SSSR count). The molecule has 7 nitrogen and oxygen atoms in total. The summed E-state index contributed by atoms with van der Waals surface area (Å²) in [5.41, 5.74) is 1.92. The fourth-order valence-electron chi connectivity index (χ4n) is 1.76. The first-order valence-electron chi connectivity index (χ1n) is 5.48. The smallest absolute Gasteiger partial charge is 0.257 e. The summed E-state index contributed by atoms with van der Waals surface area (Å²) >= 11 is 0. The first kappa shape index (κ1) is 12.8. The van der Waals surface area contributed by atoms with Gasteiger partial charge in [-0.1, -0.05) is 0 Å².